The van der Waals surface area contributed by atoms with E-state index in [0.29, 0.717) is 51.2 Å². The van der Waals surface area contributed by atoms with Crippen LogP contribution in [0.1, 0.15) is 29.6 Å². The number of amides is 2. The van der Waals surface area contributed by atoms with Gasteiger partial charge in [0.2, 0.25) is 5.91 Å². The van der Waals surface area contributed by atoms with E-state index in [-0.39, 0.29) is 24.2 Å². The summed E-state index contributed by atoms with van der Waals surface area (Å²) in [6.07, 6.45) is 0.745. The molecule has 2 amide bonds. The maximum absolute atomic E-state index is 12.8. The lowest BCUT2D eigenvalue weighted by atomic mass is 9.94. The van der Waals surface area contributed by atoms with E-state index in [9.17, 15) is 14.4 Å². The first-order valence-corrected chi connectivity index (χ1v) is 9.01. The molecule has 7 heteroatoms. The molecule has 0 spiro atoms. The van der Waals surface area contributed by atoms with Gasteiger partial charge in [-0.05, 0) is 25.0 Å². The molecule has 26 heavy (non-hydrogen) atoms. The largest absolute Gasteiger partial charge is 0.481 e. The molecule has 1 N–H and O–H groups in total. The summed E-state index contributed by atoms with van der Waals surface area (Å²) in [6.45, 7) is 2.32. The summed E-state index contributed by atoms with van der Waals surface area (Å²) >= 11 is 0. The third-order valence-corrected chi connectivity index (χ3v) is 5.00. The van der Waals surface area contributed by atoms with Crippen LogP contribution in [0.15, 0.2) is 30.3 Å². The van der Waals surface area contributed by atoms with Crippen molar-refractivity contribution in [3.8, 4) is 0 Å². The first kappa shape index (κ1) is 18.4. The second-order valence-corrected chi connectivity index (χ2v) is 6.81. The molecule has 3 rings (SSSR count). The molecule has 0 aliphatic carbocycles. The summed E-state index contributed by atoms with van der Waals surface area (Å²) in [5, 5.41) is 8.89. The van der Waals surface area contributed by atoms with Crippen molar-refractivity contribution in [2.45, 2.75) is 25.4 Å². The highest BCUT2D eigenvalue weighted by atomic mass is 16.5. The first-order chi connectivity index (χ1) is 12.5. The van der Waals surface area contributed by atoms with Gasteiger partial charge in [0.05, 0.1) is 19.1 Å². The lowest BCUT2D eigenvalue weighted by Crippen LogP contribution is -2.50. The summed E-state index contributed by atoms with van der Waals surface area (Å²) in [5.41, 5.74) is 0.668. The number of ether oxygens (including phenoxy) is 1. The highest BCUT2D eigenvalue weighted by Gasteiger charge is 2.33. The van der Waals surface area contributed by atoms with E-state index in [1.54, 1.807) is 21.9 Å². The Morgan fingerprint density at radius 1 is 1.04 bits per heavy atom. The Balaban J connectivity index is 1.52. The van der Waals surface area contributed by atoms with Gasteiger partial charge >= 0.3 is 5.97 Å². The van der Waals surface area contributed by atoms with Gasteiger partial charge in [-0.1, -0.05) is 18.2 Å². The molecular weight excluding hydrogens is 336 g/mol. The molecule has 0 saturated carbocycles. The van der Waals surface area contributed by atoms with Crippen molar-refractivity contribution < 1.29 is 24.2 Å². The molecule has 1 aromatic carbocycles. The minimum absolute atomic E-state index is 0.00407. The number of carbonyl (C=O) groups is 3. The quantitative estimate of drug-likeness (QED) is 0.873. The van der Waals surface area contributed by atoms with Gasteiger partial charge in [-0.3, -0.25) is 14.4 Å². The number of carboxylic acids is 1. The lowest BCUT2D eigenvalue weighted by molar-refractivity contribution is -0.150. The van der Waals surface area contributed by atoms with Gasteiger partial charge in [0, 0.05) is 37.7 Å². The number of aliphatic carboxylic acids is 1. The number of hydrogen-bond donors (Lipinski definition) is 1. The minimum Gasteiger partial charge on any atom is -0.481 e. The van der Waals surface area contributed by atoms with E-state index in [0.717, 1.165) is 0 Å². The number of rotatable bonds is 4. The predicted molar refractivity (Wildman–Crippen MR) is 93.6 cm³/mol. The van der Waals surface area contributed by atoms with E-state index < -0.39 is 12.1 Å². The summed E-state index contributed by atoms with van der Waals surface area (Å²) in [6, 6.07) is 9.17. The van der Waals surface area contributed by atoms with Crippen LogP contribution in [0.3, 0.4) is 0 Å². The second-order valence-electron chi connectivity index (χ2n) is 6.81. The fraction of sp³-hybridized carbons (Fsp3) is 0.526. The average Bonchev–Trinajstić information content (AvgIpc) is 2.67. The van der Waals surface area contributed by atoms with E-state index >= 15 is 0 Å². The van der Waals surface area contributed by atoms with Crippen LogP contribution in [0.2, 0.25) is 0 Å². The monoisotopic (exact) mass is 360 g/mol. The van der Waals surface area contributed by atoms with Crippen LogP contribution in [0, 0.1) is 5.92 Å². The fourth-order valence-corrected chi connectivity index (χ4v) is 3.59. The van der Waals surface area contributed by atoms with Crippen molar-refractivity contribution in [2.75, 3.05) is 32.8 Å². The number of morpholine rings is 1. The zero-order valence-corrected chi connectivity index (χ0v) is 14.7. The van der Waals surface area contributed by atoms with Gasteiger partial charge < -0.3 is 19.6 Å². The van der Waals surface area contributed by atoms with Gasteiger partial charge in [0.25, 0.3) is 5.91 Å². The molecule has 0 bridgehead atoms. The van der Waals surface area contributed by atoms with Gasteiger partial charge in [0.15, 0.2) is 0 Å². The van der Waals surface area contributed by atoms with Crippen LogP contribution in [0.4, 0.5) is 0 Å². The van der Waals surface area contributed by atoms with Crippen LogP contribution in [0.5, 0.6) is 0 Å². The Bertz CT molecular complexity index is 655. The topological polar surface area (TPSA) is 87.2 Å². The Hall–Kier alpha value is -2.41. The number of nitrogens with zero attached hydrogens (tertiary/aromatic N) is 2. The number of benzene rings is 1. The van der Waals surface area contributed by atoms with Crippen LogP contribution in [0.25, 0.3) is 0 Å². The maximum Gasteiger partial charge on any atom is 0.306 e. The molecule has 2 saturated heterocycles. The predicted octanol–water partition coefficient (Wildman–Crippen LogP) is 1.24. The normalized spacial score (nSPS) is 21.5. The molecule has 2 fully saturated rings. The molecule has 2 aliphatic heterocycles. The van der Waals surface area contributed by atoms with E-state index in [1.807, 2.05) is 18.2 Å². The van der Waals surface area contributed by atoms with Gasteiger partial charge in [-0.25, -0.2) is 0 Å². The molecule has 2 heterocycles. The smallest absolute Gasteiger partial charge is 0.306 e. The van der Waals surface area contributed by atoms with Gasteiger partial charge in [-0.2, -0.15) is 0 Å². The number of piperidine rings is 1. The molecular formula is C19H24N2O5. The Morgan fingerprint density at radius 2 is 1.73 bits per heavy atom. The third kappa shape index (κ3) is 4.40. The molecule has 0 radical (unpaired) electrons. The zero-order chi connectivity index (χ0) is 18.5. The van der Waals surface area contributed by atoms with Crippen molar-refractivity contribution in [3.05, 3.63) is 35.9 Å². The van der Waals surface area contributed by atoms with E-state index in [4.69, 9.17) is 9.84 Å². The van der Waals surface area contributed by atoms with Crippen LogP contribution in [-0.4, -0.2) is 71.6 Å². The van der Waals surface area contributed by atoms with Gasteiger partial charge in [0.1, 0.15) is 0 Å². The Kier molecular flexibility index (Phi) is 5.88. The molecule has 7 nitrogen and oxygen atoms in total. The van der Waals surface area contributed by atoms with Crippen LogP contribution in [-0.2, 0) is 14.3 Å². The van der Waals surface area contributed by atoms with Crippen LogP contribution < -0.4 is 0 Å². The molecule has 140 valence electrons. The number of likely N-dealkylation sites (tertiary alicyclic amines) is 1. The fourth-order valence-electron chi connectivity index (χ4n) is 3.59. The van der Waals surface area contributed by atoms with Gasteiger partial charge in [-0.15, -0.1) is 0 Å². The SMILES string of the molecule is O=C(O)CC1CN(C(=O)C2CCN(C(=O)c3ccccc3)CC2)CCO1. The van der Waals surface area contributed by atoms with Crippen molar-refractivity contribution >= 4 is 17.8 Å². The maximum atomic E-state index is 12.8. The minimum atomic E-state index is -0.919. The van der Waals surface area contributed by atoms with Crippen molar-refractivity contribution in [2.24, 2.45) is 5.92 Å². The molecule has 1 unspecified atom stereocenters. The Labute approximate surface area is 152 Å². The number of carbonyl (C=O) groups excluding carboxylic acids is 2. The molecule has 0 aromatic heterocycles. The average molecular weight is 360 g/mol. The highest BCUT2D eigenvalue weighted by molar-refractivity contribution is 5.94. The molecule has 2 aliphatic rings. The molecule has 1 aromatic rings. The molecule has 1 atom stereocenters. The van der Waals surface area contributed by atoms with E-state index in [2.05, 4.69) is 0 Å². The van der Waals surface area contributed by atoms with Crippen molar-refractivity contribution in [1.82, 2.24) is 9.80 Å². The van der Waals surface area contributed by atoms with E-state index in [1.165, 1.54) is 0 Å². The van der Waals surface area contributed by atoms with Crippen molar-refractivity contribution in [1.29, 1.82) is 0 Å². The number of carboxylic acid groups (broad SMARTS) is 1. The zero-order valence-electron chi connectivity index (χ0n) is 14.7. The summed E-state index contributed by atoms with van der Waals surface area (Å²) in [7, 11) is 0. The van der Waals surface area contributed by atoms with Crippen LogP contribution >= 0.6 is 0 Å². The number of hydrogen-bond acceptors (Lipinski definition) is 4. The highest BCUT2D eigenvalue weighted by Crippen LogP contribution is 2.22. The Morgan fingerprint density at radius 3 is 2.38 bits per heavy atom. The van der Waals surface area contributed by atoms with Crippen molar-refractivity contribution in [3.63, 3.8) is 0 Å². The first-order valence-electron chi connectivity index (χ1n) is 9.01. The third-order valence-electron chi connectivity index (χ3n) is 5.00. The standard InChI is InChI=1S/C19H24N2O5/c22-17(23)12-16-13-21(10-11-26-16)19(25)15-6-8-20(9-7-15)18(24)14-4-2-1-3-5-14/h1-5,15-16H,6-13H2,(H,22,23). The lowest BCUT2D eigenvalue weighted by Gasteiger charge is -2.37. The summed E-state index contributed by atoms with van der Waals surface area (Å²) < 4.78 is 5.43. The summed E-state index contributed by atoms with van der Waals surface area (Å²) in [5.74, 6) is -0.977. The second kappa shape index (κ2) is 8.31. The summed E-state index contributed by atoms with van der Waals surface area (Å²) in [4.78, 5) is 39.6.